The van der Waals surface area contributed by atoms with Gasteiger partial charge in [0.05, 0.1) is 6.04 Å². The molecule has 0 aliphatic carbocycles. The molecule has 1 N–H and O–H groups in total. The molecule has 0 bridgehead atoms. The molecule has 0 aromatic carbocycles. The van der Waals surface area contributed by atoms with Crippen molar-refractivity contribution in [2.45, 2.75) is 25.3 Å². The molecule has 1 aliphatic heterocycles. The molecule has 2 heterocycles. The zero-order valence-corrected chi connectivity index (χ0v) is 9.30. The highest BCUT2D eigenvalue weighted by Gasteiger charge is 2.23. The van der Waals surface area contributed by atoms with E-state index in [-0.39, 0.29) is 6.04 Å². The third kappa shape index (κ3) is 2.09. The Balaban J connectivity index is 2.32. The van der Waals surface area contributed by atoms with E-state index in [0.717, 1.165) is 36.0 Å². The molecule has 1 aromatic heterocycles. The van der Waals surface area contributed by atoms with Crippen molar-refractivity contribution in [3.05, 3.63) is 28.5 Å². The minimum absolute atomic E-state index is 0.168. The lowest BCUT2D eigenvalue weighted by Crippen LogP contribution is -2.32. The minimum Gasteiger partial charge on any atom is -0.353 e. The molecule has 1 aromatic rings. The monoisotopic (exact) mass is 222 g/mol. The van der Waals surface area contributed by atoms with Gasteiger partial charge in [0.1, 0.15) is 4.64 Å². The number of aromatic amines is 1. The van der Waals surface area contributed by atoms with Gasteiger partial charge < -0.3 is 9.88 Å². The molecule has 0 radical (unpaired) electrons. The molecule has 0 saturated carbocycles. The van der Waals surface area contributed by atoms with Gasteiger partial charge in [0.2, 0.25) is 6.41 Å². The lowest BCUT2D eigenvalue weighted by atomic mass is 9.97. The van der Waals surface area contributed by atoms with Gasteiger partial charge in [0.15, 0.2) is 0 Å². The highest BCUT2D eigenvalue weighted by molar-refractivity contribution is 7.71. The summed E-state index contributed by atoms with van der Waals surface area (Å²) in [4.78, 5) is 15.8. The van der Waals surface area contributed by atoms with E-state index < -0.39 is 0 Å². The predicted octanol–water partition coefficient (Wildman–Crippen LogP) is 2.43. The average Bonchev–Trinajstić information content (AvgIpc) is 2.30. The van der Waals surface area contributed by atoms with E-state index in [1.165, 1.54) is 6.42 Å². The Labute approximate surface area is 94.1 Å². The summed E-state index contributed by atoms with van der Waals surface area (Å²) in [6.45, 7) is 0.845. The summed E-state index contributed by atoms with van der Waals surface area (Å²) in [6, 6.07) is 4.11. The smallest absolute Gasteiger partial charge is 0.210 e. The first-order valence-electron chi connectivity index (χ1n) is 5.21. The van der Waals surface area contributed by atoms with Crippen LogP contribution in [-0.4, -0.2) is 22.8 Å². The van der Waals surface area contributed by atoms with Crippen molar-refractivity contribution in [3.8, 4) is 0 Å². The molecule has 4 heteroatoms. The van der Waals surface area contributed by atoms with Gasteiger partial charge in [-0.15, -0.1) is 0 Å². The lowest BCUT2D eigenvalue weighted by Gasteiger charge is -2.32. The zero-order valence-electron chi connectivity index (χ0n) is 8.48. The molecule has 3 nitrogen and oxygen atoms in total. The summed E-state index contributed by atoms with van der Waals surface area (Å²) in [5.74, 6) is 0. The standard InChI is InChI=1S/C11H14N2OS/c14-8-13-7-2-1-5-10(13)9-4-3-6-12-11(9)15/h3-4,6,8,10H,1-2,5,7H2,(H,12,15). The summed E-state index contributed by atoms with van der Waals surface area (Å²) in [6.07, 6.45) is 6.03. The highest BCUT2D eigenvalue weighted by atomic mass is 32.1. The maximum atomic E-state index is 10.9. The summed E-state index contributed by atoms with van der Waals surface area (Å²) < 4.78 is 0.747. The first kappa shape index (κ1) is 10.4. The van der Waals surface area contributed by atoms with Crippen LogP contribution in [0, 0.1) is 4.64 Å². The van der Waals surface area contributed by atoms with E-state index in [1.54, 1.807) is 0 Å². The molecule has 0 spiro atoms. The fourth-order valence-electron chi connectivity index (χ4n) is 2.11. The number of rotatable bonds is 2. The summed E-state index contributed by atoms with van der Waals surface area (Å²) in [7, 11) is 0. The predicted molar refractivity (Wildman–Crippen MR) is 61.0 cm³/mol. The lowest BCUT2D eigenvalue weighted by molar-refractivity contribution is -0.121. The van der Waals surface area contributed by atoms with Gasteiger partial charge in [-0.2, -0.15) is 0 Å². The highest BCUT2D eigenvalue weighted by Crippen LogP contribution is 2.29. The van der Waals surface area contributed by atoms with Crippen molar-refractivity contribution in [2.24, 2.45) is 0 Å². The number of hydrogen-bond acceptors (Lipinski definition) is 2. The summed E-state index contributed by atoms with van der Waals surface area (Å²) >= 11 is 5.24. The molecule has 1 fully saturated rings. The number of carbonyl (C=O) groups excluding carboxylic acids is 1. The SMILES string of the molecule is O=CN1CCCCC1c1ccc[nH]c1=S. The van der Waals surface area contributed by atoms with Gasteiger partial charge in [0, 0.05) is 18.3 Å². The van der Waals surface area contributed by atoms with Gasteiger partial charge >= 0.3 is 0 Å². The van der Waals surface area contributed by atoms with E-state index in [0.29, 0.717) is 0 Å². The summed E-state index contributed by atoms with van der Waals surface area (Å²) in [5, 5.41) is 0. The molecule has 1 saturated heterocycles. The Kier molecular flexibility index (Phi) is 3.16. The molecular formula is C11H14N2OS. The average molecular weight is 222 g/mol. The van der Waals surface area contributed by atoms with Crippen LogP contribution in [0.1, 0.15) is 30.9 Å². The number of aromatic nitrogens is 1. The Hall–Kier alpha value is -1.16. The van der Waals surface area contributed by atoms with Gasteiger partial charge in [-0.05, 0) is 25.3 Å². The quantitative estimate of drug-likeness (QED) is 0.616. The normalized spacial score (nSPS) is 21.3. The Morgan fingerprint density at radius 2 is 2.40 bits per heavy atom. The Bertz CT molecular complexity index is 402. The number of piperidine rings is 1. The fraction of sp³-hybridized carbons (Fsp3) is 0.455. The van der Waals surface area contributed by atoms with E-state index in [9.17, 15) is 4.79 Å². The van der Waals surface area contributed by atoms with Crippen LogP contribution < -0.4 is 0 Å². The van der Waals surface area contributed by atoms with Crippen molar-refractivity contribution in [2.75, 3.05) is 6.54 Å². The second-order valence-corrected chi connectivity index (χ2v) is 4.22. The number of hydrogen-bond donors (Lipinski definition) is 1. The van der Waals surface area contributed by atoms with Crippen LogP contribution >= 0.6 is 12.2 Å². The topological polar surface area (TPSA) is 36.1 Å². The number of nitrogens with zero attached hydrogens (tertiary/aromatic N) is 1. The van der Waals surface area contributed by atoms with Crippen LogP contribution in [0.4, 0.5) is 0 Å². The largest absolute Gasteiger partial charge is 0.353 e. The zero-order chi connectivity index (χ0) is 10.7. The fourth-order valence-corrected chi connectivity index (χ4v) is 2.38. The number of H-pyrrole nitrogens is 1. The van der Waals surface area contributed by atoms with Gasteiger partial charge in [-0.1, -0.05) is 18.3 Å². The first-order valence-corrected chi connectivity index (χ1v) is 5.62. The maximum absolute atomic E-state index is 10.9. The van der Waals surface area contributed by atoms with Crippen LogP contribution in [-0.2, 0) is 4.79 Å². The van der Waals surface area contributed by atoms with Gasteiger partial charge in [0.25, 0.3) is 0 Å². The van der Waals surface area contributed by atoms with E-state index in [2.05, 4.69) is 4.98 Å². The van der Waals surface area contributed by atoms with E-state index >= 15 is 0 Å². The molecule has 1 amide bonds. The molecule has 2 rings (SSSR count). The molecular weight excluding hydrogens is 208 g/mol. The number of carbonyl (C=O) groups is 1. The van der Waals surface area contributed by atoms with Crippen LogP contribution in [0.3, 0.4) is 0 Å². The molecule has 1 unspecified atom stereocenters. The number of likely N-dealkylation sites (tertiary alicyclic amines) is 1. The van der Waals surface area contributed by atoms with Gasteiger partial charge in [-0.25, -0.2) is 0 Å². The van der Waals surface area contributed by atoms with Crippen LogP contribution in [0.15, 0.2) is 18.3 Å². The Morgan fingerprint density at radius 1 is 1.53 bits per heavy atom. The number of pyridine rings is 1. The molecule has 1 aliphatic rings. The molecule has 15 heavy (non-hydrogen) atoms. The Morgan fingerprint density at radius 3 is 3.13 bits per heavy atom. The second-order valence-electron chi connectivity index (χ2n) is 3.81. The first-order chi connectivity index (χ1) is 7.33. The number of amides is 1. The van der Waals surface area contributed by atoms with E-state index in [1.807, 2.05) is 23.2 Å². The van der Waals surface area contributed by atoms with Crippen molar-refractivity contribution < 1.29 is 4.79 Å². The van der Waals surface area contributed by atoms with Crippen LogP contribution in [0.5, 0.6) is 0 Å². The van der Waals surface area contributed by atoms with Crippen LogP contribution in [0.25, 0.3) is 0 Å². The van der Waals surface area contributed by atoms with Crippen molar-refractivity contribution in [3.63, 3.8) is 0 Å². The van der Waals surface area contributed by atoms with Crippen molar-refractivity contribution >= 4 is 18.6 Å². The number of nitrogens with one attached hydrogen (secondary N) is 1. The maximum Gasteiger partial charge on any atom is 0.210 e. The summed E-state index contributed by atoms with van der Waals surface area (Å²) in [5.41, 5.74) is 1.07. The molecule has 1 atom stereocenters. The minimum atomic E-state index is 0.168. The third-order valence-electron chi connectivity index (χ3n) is 2.89. The van der Waals surface area contributed by atoms with Gasteiger partial charge in [-0.3, -0.25) is 4.79 Å². The van der Waals surface area contributed by atoms with Crippen molar-refractivity contribution in [1.29, 1.82) is 0 Å². The second kappa shape index (κ2) is 4.57. The molecule has 80 valence electrons. The van der Waals surface area contributed by atoms with Crippen LogP contribution in [0.2, 0.25) is 0 Å². The third-order valence-corrected chi connectivity index (χ3v) is 3.24. The van der Waals surface area contributed by atoms with E-state index in [4.69, 9.17) is 12.2 Å². The van der Waals surface area contributed by atoms with Crippen molar-refractivity contribution in [1.82, 2.24) is 9.88 Å².